The molecule has 14 heavy (non-hydrogen) atoms. The number of hydrogen-bond donors (Lipinski definition) is 2. The molecule has 2 atom stereocenters. The maximum Gasteiger partial charge on any atom is 0.183 e. The third kappa shape index (κ3) is 1.52. The predicted molar refractivity (Wildman–Crippen MR) is 52.0 cm³/mol. The number of halogens is 2. The topological polar surface area (TPSA) is 38.0 Å². The van der Waals surface area contributed by atoms with Crippen LogP contribution in [-0.2, 0) is 0 Å². The summed E-state index contributed by atoms with van der Waals surface area (Å²) in [6, 6.07) is 2.63. The molecule has 1 fully saturated rings. The van der Waals surface area contributed by atoms with Gasteiger partial charge in [-0.05, 0) is 24.5 Å². The number of nitrogens with one attached hydrogen (secondary N) is 1. The lowest BCUT2D eigenvalue weighted by atomic mass is 10.2. The van der Waals surface area contributed by atoms with Crippen LogP contribution < -0.4 is 11.1 Å². The summed E-state index contributed by atoms with van der Waals surface area (Å²) in [5, 5.41) is 2.90. The Morgan fingerprint density at radius 3 is 2.64 bits per heavy atom. The summed E-state index contributed by atoms with van der Waals surface area (Å²) in [7, 11) is 0. The molecule has 1 aliphatic carbocycles. The second kappa shape index (κ2) is 3.12. The van der Waals surface area contributed by atoms with E-state index in [-0.39, 0.29) is 17.4 Å². The van der Waals surface area contributed by atoms with Crippen molar-refractivity contribution >= 4 is 11.4 Å². The van der Waals surface area contributed by atoms with E-state index in [0.29, 0.717) is 5.92 Å². The van der Waals surface area contributed by atoms with Crippen LogP contribution >= 0.6 is 0 Å². The van der Waals surface area contributed by atoms with Gasteiger partial charge in [0.15, 0.2) is 11.6 Å². The van der Waals surface area contributed by atoms with Crippen LogP contribution in [0.4, 0.5) is 20.2 Å². The summed E-state index contributed by atoms with van der Waals surface area (Å²) in [6.07, 6.45) is 0.982. The zero-order valence-corrected chi connectivity index (χ0v) is 7.85. The van der Waals surface area contributed by atoms with Crippen molar-refractivity contribution in [2.45, 2.75) is 19.4 Å². The van der Waals surface area contributed by atoms with Crippen LogP contribution in [-0.4, -0.2) is 6.04 Å². The Morgan fingerprint density at radius 1 is 1.43 bits per heavy atom. The van der Waals surface area contributed by atoms with E-state index in [9.17, 15) is 8.78 Å². The van der Waals surface area contributed by atoms with Gasteiger partial charge in [-0.2, -0.15) is 0 Å². The summed E-state index contributed by atoms with van der Waals surface area (Å²) in [5.74, 6) is -1.24. The van der Waals surface area contributed by atoms with Crippen LogP contribution in [0.1, 0.15) is 13.3 Å². The number of benzene rings is 1. The van der Waals surface area contributed by atoms with Crippen molar-refractivity contribution in [2.24, 2.45) is 5.92 Å². The van der Waals surface area contributed by atoms with Crippen molar-refractivity contribution in [1.29, 1.82) is 0 Å². The van der Waals surface area contributed by atoms with Gasteiger partial charge in [-0.25, -0.2) is 8.78 Å². The van der Waals surface area contributed by atoms with Gasteiger partial charge in [-0.3, -0.25) is 0 Å². The summed E-state index contributed by atoms with van der Waals surface area (Å²) in [5.41, 5.74) is 5.89. The first-order valence-electron chi connectivity index (χ1n) is 4.59. The third-order valence-electron chi connectivity index (χ3n) is 2.57. The first-order valence-corrected chi connectivity index (χ1v) is 4.59. The lowest BCUT2D eigenvalue weighted by Crippen LogP contribution is -2.09. The maximum absolute atomic E-state index is 13.3. The van der Waals surface area contributed by atoms with E-state index in [2.05, 4.69) is 5.32 Å². The average molecular weight is 198 g/mol. The summed E-state index contributed by atoms with van der Waals surface area (Å²) in [4.78, 5) is 0. The van der Waals surface area contributed by atoms with Crippen molar-refractivity contribution in [3.8, 4) is 0 Å². The van der Waals surface area contributed by atoms with E-state index >= 15 is 0 Å². The maximum atomic E-state index is 13.3. The molecule has 1 saturated carbocycles. The minimum Gasteiger partial charge on any atom is -0.397 e. The van der Waals surface area contributed by atoms with Gasteiger partial charge in [-0.15, -0.1) is 0 Å². The number of rotatable bonds is 2. The molecular formula is C10H12F2N2. The summed E-state index contributed by atoms with van der Waals surface area (Å²) in [6.45, 7) is 2.05. The van der Waals surface area contributed by atoms with Crippen LogP contribution in [0.5, 0.6) is 0 Å². The second-order valence-electron chi connectivity index (χ2n) is 3.79. The lowest BCUT2D eigenvalue weighted by molar-refractivity contribution is 0.511. The summed E-state index contributed by atoms with van der Waals surface area (Å²) < 4.78 is 26.1. The Hall–Kier alpha value is -1.32. The van der Waals surface area contributed by atoms with Gasteiger partial charge in [0, 0.05) is 6.04 Å². The van der Waals surface area contributed by atoms with E-state index in [1.54, 1.807) is 0 Å². The van der Waals surface area contributed by atoms with Gasteiger partial charge in [0.05, 0.1) is 11.4 Å². The molecule has 0 saturated heterocycles. The molecule has 1 aliphatic rings. The number of anilines is 2. The van der Waals surface area contributed by atoms with Crippen LogP contribution in [0.25, 0.3) is 0 Å². The first kappa shape index (κ1) is 9.24. The Balaban J connectivity index is 2.26. The quantitative estimate of drug-likeness (QED) is 0.716. The Morgan fingerprint density at radius 2 is 2.07 bits per heavy atom. The Labute approximate surface area is 81.1 Å². The van der Waals surface area contributed by atoms with Crippen molar-refractivity contribution in [3.63, 3.8) is 0 Å². The van der Waals surface area contributed by atoms with Crippen LogP contribution in [0.15, 0.2) is 12.1 Å². The standard InChI is InChI=1S/C10H12F2N2/c1-5-4-8(5)14-10-7(13)3-2-6(11)9(10)12/h2-3,5,8,14H,4,13H2,1H3. The van der Waals surface area contributed by atoms with Crippen molar-refractivity contribution in [2.75, 3.05) is 11.1 Å². The fraction of sp³-hybridized carbons (Fsp3) is 0.400. The minimum absolute atomic E-state index is 0.0966. The number of hydrogen-bond acceptors (Lipinski definition) is 2. The van der Waals surface area contributed by atoms with Gasteiger partial charge in [0.2, 0.25) is 0 Å². The van der Waals surface area contributed by atoms with E-state index < -0.39 is 11.6 Å². The smallest absolute Gasteiger partial charge is 0.183 e. The number of nitrogen functional groups attached to an aromatic ring is 1. The Bertz CT molecular complexity index is 365. The largest absolute Gasteiger partial charge is 0.397 e. The Kier molecular flexibility index (Phi) is 2.06. The highest BCUT2D eigenvalue weighted by molar-refractivity contribution is 5.67. The molecule has 0 spiro atoms. The van der Waals surface area contributed by atoms with Crippen molar-refractivity contribution < 1.29 is 8.78 Å². The molecule has 0 aromatic heterocycles. The van der Waals surface area contributed by atoms with Gasteiger partial charge in [0.1, 0.15) is 0 Å². The van der Waals surface area contributed by atoms with Crippen LogP contribution in [0.3, 0.4) is 0 Å². The highest BCUT2D eigenvalue weighted by Gasteiger charge is 2.33. The zero-order valence-electron chi connectivity index (χ0n) is 7.85. The molecule has 0 aliphatic heterocycles. The van der Waals surface area contributed by atoms with Gasteiger partial charge in [-0.1, -0.05) is 6.92 Å². The van der Waals surface area contributed by atoms with E-state index in [4.69, 9.17) is 5.73 Å². The predicted octanol–water partition coefficient (Wildman–Crippen LogP) is 2.37. The lowest BCUT2D eigenvalue weighted by Gasteiger charge is -2.09. The minimum atomic E-state index is -0.885. The molecule has 3 N–H and O–H groups in total. The molecule has 0 heterocycles. The van der Waals surface area contributed by atoms with Crippen LogP contribution in [0, 0.1) is 17.6 Å². The van der Waals surface area contributed by atoms with E-state index in [0.717, 1.165) is 12.5 Å². The normalized spacial score (nSPS) is 24.8. The number of nitrogens with two attached hydrogens (primary N) is 1. The highest BCUT2D eigenvalue weighted by Crippen LogP contribution is 2.35. The van der Waals surface area contributed by atoms with E-state index in [1.165, 1.54) is 6.07 Å². The molecular weight excluding hydrogens is 186 g/mol. The second-order valence-corrected chi connectivity index (χ2v) is 3.79. The highest BCUT2D eigenvalue weighted by atomic mass is 19.2. The van der Waals surface area contributed by atoms with Gasteiger partial charge < -0.3 is 11.1 Å². The zero-order chi connectivity index (χ0) is 10.3. The molecule has 76 valence electrons. The van der Waals surface area contributed by atoms with E-state index in [1.807, 2.05) is 6.92 Å². The monoisotopic (exact) mass is 198 g/mol. The summed E-state index contributed by atoms with van der Waals surface area (Å²) >= 11 is 0. The molecule has 0 amide bonds. The van der Waals surface area contributed by atoms with Crippen LogP contribution in [0.2, 0.25) is 0 Å². The molecule has 1 aromatic rings. The average Bonchev–Trinajstić information content (AvgIpc) is 2.83. The van der Waals surface area contributed by atoms with Gasteiger partial charge in [0.25, 0.3) is 0 Å². The molecule has 2 nitrogen and oxygen atoms in total. The molecule has 0 bridgehead atoms. The molecule has 2 rings (SSSR count). The first-order chi connectivity index (χ1) is 6.59. The molecule has 4 heteroatoms. The van der Waals surface area contributed by atoms with Crippen molar-refractivity contribution in [3.05, 3.63) is 23.8 Å². The molecule has 1 aromatic carbocycles. The molecule has 0 radical (unpaired) electrons. The molecule has 2 unspecified atom stereocenters. The fourth-order valence-corrected chi connectivity index (χ4v) is 1.42. The SMILES string of the molecule is CC1CC1Nc1c(N)ccc(F)c1F. The fourth-order valence-electron chi connectivity index (χ4n) is 1.42. The van der Waals surface area contributed by atoms with Gasteiger partial charge >= 0.3 is 0 Å². The van der Waals surface area contributed by atoms with Crippen molar-refractivity contribution in [1.82, 2.24) is 0 Å². The third-order valence-corrected chi connectivity index (χ3v) is 2.57.